The lowest BCUT2D eigenvalue weighted by Crippen LogP contribution is -2.36. The number of hydrogen-bond acceptors (Lipinski definition) is 6. The molecule has 7 nitrogen and oxygen atoms in total. The first kappa shape index (κ1) is 17.2. The number of benzene rings is 1. The number of rotatable bonds is 5. The summed E-state index contributed by atoms with van der Waals surface area (Å²) in [6.07, 6.45) is 3.92. The van der Waals surface area contributed by atoms with Crippen LogP contribution in [0.1, 0.15) is 35.0 Å². The van der Waals surface area contributed by atoms with Gasteiger partial charge in [-0.3, -0.25) is 0 Å². The number of carboxylic acids is 1. The van der Waals surface area contributed by atoms with Gasteiger partial charge >= 0.3 is 5.97 Å². The lowest BCUT2D eigenvalue weighted by atomic mass is 9.87. The molecule has 25 heavy (non-hydrogen) atoms. The van der Waals surface area contributed by atoms with Gasteiger partial charge in [-0.1, -0.05) is 12.1 Å². The molecule has 1 aliphatic heterocycles. The van der Waals surface area contributed by atoms with E-state index in [0.29, 0.717) is 5.82 Å². The molecule has 3 rings (SSSR count). The molecule has 1 fully saturated rings. The first-order valence-corrected chi connectivity index (χ1v) is 8.21. The van der Waals surface area contributed by atoms with E-state index in [9.17, 15) is 9.90 Å². The van der Waals surface area contributed by atoms with E-state index < -0.39 is 12.1 Å². The van der Waals surface area contributed by atoms with E-state index in [-0.39, 0.29) is 11.6 Å². The van der Waals surface area contributed by atoms with E-state index in [2.05, 4.69) is 14.9 Å². The minimum absolute atomic E-state index is 0.0615. The van der Waals surface area contributed by atoms with Crippen molar-refractivity contribution in [2.45, 2.75) is 18.9 Å². The number of aliphatic hydroxyl groups excluding tert-OH is 1. The number of aromatic nitrogens is 2. The molecule has 7 heteroatoms. The highest BCUT2D eigenvalue weighted by Gasteiger charge is 2.27. The number of nitrogens with zero attached hydrogens (tertiary/aromatic N) is 3. The second kappa shape index (κ2) is 7.48. The number of carboxylic acid groups (broad SMARTS) is 1. The molecule has 0 radical (unpaired) electrons. The summed E-state index contributed by atoms with van der Waals surface area (Å²) in [7, 11) is 1.62. The SMILES string of the molecule is COc1ccc(C(O)C2CCN(c3cnc(C(=O)O)cn3)CC2)cc1. The van der Waals surface area contributed by atoms with Gasteiger partial charge in [0.05, 0.1) is 25.6 Å². The maximum absolute atomic E-state index is 10.8. The summed E-state index contributed by atoms with van der Waals surface area (Å²) >= 11 is 0. The molecule has 2 heterocycles. The minimum Gasteiger partial charge on any atom is -0.497 e. The molecular formula is C18H21N3O4. The minimum atomic E-state index is -1.08. The molecular weight excluding hydrogens is 322 g/mol. The van der Waals surface area contributed by atoms with Crippen molar-refractivity contribution in [2.75, 3.05) is 25.1 Å². The fourth-order valence-corrected chi connectivity index (χ4v) is 3.11. The molecule has 1 aliphatic rings. The molecule has 0 saturated carbocycles. The Morgan fingerprint density at radius 2 is 1.88 bits per heavy atom. The van der Waals surface area contributed by atoms with Crippen molar-refractivity contribution in [3.63, 3.8) is 0 Å². The van der Waals surface area contributed by atoms with Gasteiger partial charge in [0.15, 0.2) is 5.69 Å². The average molecular weight is 343 g/mol. The lowest BCUT2D eigenvalue weighted by Gasteiger charge is -2.34. The van der Waals surface area contributed by atoms with Crippen LogP contribution in [0.25, 0.3) is 0 Å². The Balaban J connectivity index is 1.59. The third-order valence-corrected chi connectivity index (χ3v) is 4.62. The first-order valence-electron chi connectivity index (χ1n) is 8.21. The Morgan fingerprint density at radius 3 is 2.40 bits per heavy atom. The number of hydrogen-bond donors (Lipinski definition) is 2. The zero-order valence-electron chi connectivity index (χ0n) is 14.0. The van der Waals surface area contributed by atoms with Crippen LogP contribution in [0.4, 0.5) is 5.82 Å². The predicted molar refractivity (Wildman–Crippen MR) is 91.9 cm³/mol. The summed E-state index contributed by atoms with van der Waals surface area (Å²) in [5.41, 5.74) is 0.832. The number of aliphatic hydroxyl groups is 1. The van der Waals surface area contributed by atoms with E-state index in [4.69, 9.17) is 9.84 Å². The van der Waals surface area contributed by atoms with Gasteiger partial charge in [0, 0.05) is 13.1 Å². The second-order valence-electron chi connectivity index (χ2n) is 6.11. The molecule has 1 aromatic heterocycles. The smallest absolute Gasteiger partial charge is 0.356 e. The number of piperidine rings is 1. The van der Waals surface area contributed by atoms with Crippen LogP contribution in [0.3, 0.4) is 0 Å². The normalized spacial score (nSPS) is 16.5. The Kier molecular flexibility index (Phi) is 5.14. The van der Waals surface area contributed by atoms with Crippen molar-refractivity contribution >= 4 is 11.8 Å². The fourth-order valence-electron chi connectivity index (χ4n) is 3.11. The number of ether oxygens (including phenoxy) is 1. The number of aromatic carboxylic acids is 1. The maximum atomic E-state index is 10.8. The summed E-state index contributed by atoms with van der Waals surface area (Å²) in [5.74, 6) is 0.535. The molecule has 1 aromatic carbocycles. The second-order valence-corrected chi connectivity index (χ2v) is 6.11. The molecule has 0 aliphatic carbocycles. The first-order chi connectivity index (χ1) is 12.1. The summed E-state index contributed by atoms with van der Waals surface area (Å²) in [4.78, 5) is 21.0. The van der Waals surface area contributed by atoms with Crippen molar-refractivity contribution in [3.05, 3.63) is 47.9 Å². The van der Waals surface area contributed by atoms with E-state index in [1.54, 1.807) is 7.11 Å². The molecule has 0 amide bonds. The van der Waals surface area contributed by atoms with Crippen LogP contribution in [0.15, 0.2) is 36.7 Å². The van der Waals surface area contributed by atoms with Crippen molar-refractivity contribution < 1.29 is 19.7 Å². The highest BCUT2D eigenvalue weighted by atomic mass is 16.5. The van der Waals surface area contributed by atoms with Crippen LogP contribution >= 0.6 is 0 Å². The Bertz CT molecular complexity index is 710. The van der Waals surface area contributed by atoms with Crippen LogP contribution in [-0.2, 0) is 0 Å². The van der Waals surface area contributed by atoms with Crippen molar-refractivity contribution in [1.82, 2.24) is 9.97 Å². The largest absolute Gasteiger partial charge is 0.497 e. The summed E-state index contributed by atoms with van der Waals surface area (Å²) in [6, 6.07) is 7.50. The van der Waals surface area contributed by atoms with Gasteiger partial charge < -0.3 is 19.8 Å². The van der Waals surface area contributed by atoms with Crippen LogP contribution in [0.5, 0.6) is 5.75 Å². The maximum Gasteiger partial charge on any atom is 0.356 e. The van der Waals surface area contributed by atoms with Gasteiger partial charge in [0.2, 0.25) is 0 Å². The molecule has 2 N–H and O–H groups in total. The van der Waals surface area contributed by atoms with Crippen molar-refractivity contribution in [1.29, 1.82) is 0 Å². The Morgan fingerprint density at radius 1 is 1.20 bits per heavy atom. The van der Waals surface area contributed by atoms with Gasteiger partial charge in [0.25, 0.3) is 0 Å². The molecule has 0 spiro atoms. The number of anilines is 1. The highest BCUT2D eigenvalue weighted by Crippen LogP contribution is 2.32. The monoisotopic (exact) mass is 343 g/mol. The van der Waals surface area contributed by atoms with E-state index >= 15 is 0 Å². The van der Waals surface area contributed by atoms with Gasteiger partial charge in [-0.2, -0.15) is 0 Å². The molecule has 1 saturated heterocycles. The summed E-state index contributed by atoms with van der Waals surface area (Å²) < 4.78 is 5.14. The van der Waals surface area contributed by atoms with Gasteiger partial charge in [-0.05, 0) is 36.5 Å². The molecule has 0 bridgehead atoms. The highest BCUT2D eigenvalue weighted by molar-refractivity contribution is 5.84. The number of carbonyl (C=O) groups is 1. The predicted octanol–water partition coefficient (Wildman–Crippen LogP) is 2.13. The van der Waals surface area contributed by atoms with Gasteiger partial charge in [-0.25, -0.2) is 14.8 Å². The van der Waals surface area contributed by atoms with Crippen LogP contribution < -0.4 is 9.64 Å². The standard InChI is InChI=1S/C18H21N3O4/c1-25-14-4-2-12(3-5-14)17(22)13-6-8-21(9-7-13)16-11-19-15(10-20-16)18(23)24/h2-5,10-11,13,17,22H,6-9H2,1H3,(H,23,24). The Hall–Kier alpha value is -2.67. The van der Waals surface area contributed by atoms with Gasteiger partial charge in [-0.15, -0.1) is 0 Å². The average Bonchev–Trinajstić information content (AvgIpc) is 2.67. The summed E-state index contributed by atoms with van der Waals surface area (Å²) in [5, 5.41) is 19.5. The summed E-state index contributed by atoms with van der Waals surface area (Å²) in [6.45, 7) is 1.50. The fraction of sp³-hybridized carbons (Fsp3) is 0.389. The molecule has 1 atom stereocenters. The molecule has 132 valence electrons. The molecule has 1 unspecified atom stereocenters. The van der Waals surface area contributed by atoms with E-state index in [0.717, 1.165) is 37.2 Å². The van der Waals surface area contributed by atoms with Crippen LogP contribution in [-0.4, -0.2) is 46.3 Å². The lowest BCUT2D eigenvalue weighted by molar-refractivity contribution is 0.0690. The van der Waals surface area contributed by atoms with E-state index in [1.165, 1.54) is 12.4 Å². The van der Waals surface area contributed by atoms with Crippen molar-refractivity contribution in [2.24, 2.45) is 5.92 Å². The van der Waals surface area contributed by atoms with Crippen LogP contribution in [0, 0.1) is 5.92 Å². The van der Waals surface area contributed by atoms with Crippen molar-refractivity contribution in [3.8, 4) is 5.75 Å². The van der Waals surface area contributed by atoms with E-state index in [1.807, 2.05) is 24.3 Å². The molecule has 2 aromatic rings. The van der Waals surface area contributed by atoms with Gasteiger partial charge in [0.1, 0.15) is 11.6 Å². The quantitative estimate of drug-likeness (QED) is 0.858. The third-order valence-electron chi connectivity index (χ3n) is 4.62. The Labute approximate surface area is 145 Å². The zero-order chi connectivity index (χ0) is 17.8. The number of methoxy groups -OCH3 is 1. The zero-order valence-corrected chi connectivity index (χ0v) is 14.0. The van der Waals surface area contributed by atoms with Crippen LogP contribution in [0.2, 0.25) is 0 Å². The topological polar surface area (TPSA) is 95.8 Å². The third kappa shape index (κ3) is 3.88.